The van der Waals surface area contributed by atoms with Crippen molar-refractivity contribution in [1.82, 2.24) is 10.2 Å². The summed E-state index contributed by atoms with van der Waals surface area (Å²) in [4.78, 5) is 26.3. The number of benzene rings is 1. The van der Waals surface area contributed by atoms with Gasteiger partial charge in [-0.3, -0.25) is 4.79 Å². The molecule has 6 nitrogen and oxygen atoms in total. The Hall–Kier alpha value is -1.86. The van der Waals surface area contributed by atoms with Gasteiger partial charge in [-0.15, -0.1) is 0 Å². The molecule has 2 rings (SSSR count). The SMILES string of the molecule is CC(C)(C)OC(=O)N1CCO[C@H](C(=O)NC(C)(C)c2ccc(Cl)cc2F)C1. The van der Waals surface area contributed by atoms with Crippen LogP contribution in [0.5, 0.6) is 0 Å². The molecule has 8 heteroatoms. The Kier molecular flexibility index (Phi) is 6.37. The molecule has 150 valence electrons. The fourth-order valence-electron chi connectivity index (χ4n) is 2.75. The predicted octanol–water partition coefficient (Wildman–Crippen LogP) is 3.47. The van der Waals surface area contributed by atoms with Crippen LogP contribution in [0, 0.1) is 5.82 Å². The van der Waals surface area contributed by atoms with Crippen molar-refractivity contribution < 1.29 is 23.5 Å². The second kappa shape index (κ2) is 8.02. The summed E-state index contributed by atoms with van der Waals surface area (Å²) in [6.07, 6.45) is -1.35. The summed E-state index contributed by atoms with van der Waals surface area (Å²) in [5.41, 5.74) is -1.30. The van der Waals surface area contributed by atoms with Crippen LogP contribution in [0.3, 0.4) is 0 Å². The Morgan fingerprint density at radius 2 is 1.96 bits per heavy atom. The Balaban J connectivity index is 2.05. The molecule has 0 unspecified atom stereocenters. The van der Waals surface area contributed by atoms with Crippen molar-refractivity contribution in [3.05, 3.63) is 34.6 Å². The van der Waals surface area contributed by atoms with Crippen LogP contribution in [0.25, 0.3) is 0 Å². The van der Waals surface area contributed by atoms with Gasteiger partial charge in [-0.2, -0.15) is 0 Å². The minimum absolute atomic E-state index is 0.0694. The molecule has 1 aliphatic rings. The van der Waals surface area contributed by atoms with Gasteiger partial charge < -0.3 is 19.7 Å². The predicted molar refractivity (Wildman–Crippen MR) is 100 cm³/mol. The summed E-state index contributed by atoms with van der Waals surface area (Å²) < 4.78 is 25.1. The maximum Gasteiger partial charge on any atom is 0.410 e. The number of hydrogen-bond acceptors (Lipinski definition) is 4. The van der Waals surface area contributed by atoms with Crippen LogP contribution in [-0.2, 0) is 19.8 Å². The van der Waals surface area contributed by atoms with Gasteiger partial charge in [-0.25, -0.2) is 9.18 Å². The Labute approximate surface area is 163 Å². The molecular formula is C19H26ClFN2O4. The van der Waals surface area contributed by atoms with Gasteiger partial charge in [0.1, 0.15) is 11.4 Å². The molecule has 0 bridgehead atoms. The van der Waals surface area contributed by atoms with Gasteiger partial charge in [0.05, 0.1) is 18.7 Å². The van der Waals surface area contributed by atoms with Crippen LogP contribution in [-0.4, -0.2) is 48.3 Å². The van der Waals surface area contributed by atoms with Crippen molar-refractivity contribution in [1.29, 1.82) is 0 Å². The van der Waals surface area contributed by atoms with Gasteiger partial charge >= 0.3 is 6.09 Å². The van der Waals surface area contributed by atoms with Gasteiger partial charge in [0.15, 0.2) is 6.10 Å². The molecule has 1 N–H and O–H groups in total. The van der Waals surface area contributed by atoms with Crippen LogP contribution >= 0.6 is 11.6 Å². The van der Waals surface area contributed by atoms with Crippen molar-refractivity contribution >= 4 is 23.6 Å². The third-order valence-corrected chi connectivity index (χ3v) is 4.29. The lowest BCUT2D eigenvalue weighted by atomic mass is 9.93. The highest BCUT2D eigenvalue weighted by Crippen LogP contribution is 2.26. The maximum atomic E-state index is 14.2. The highest BCUT2D eigenvalue weighted by Gasteiger charge is 2.35. The molecule has 1 heterocycles. The zero-order valence-electron chi connectivity index (χ0n) is 16.3. The monoisotopic (exact) mass is 400 g/mol. The molecule has 1 fully saturated rings. The fourth-order valence-corrected chi connectivity index (χ4v) is 2.91. The first-order valence-corrected chi connectivity index (χ1v) is 9.14. The number of carbonyl (C=O) groups excluding carboxylic acids is 2. The lowest BCUT2D eigenvalue weighted by molar-refractivity contribution is -0.139. The highest BCUT2D eigenvalue weighted by molar-refractivity contribution is 6.30. The van der Waals surface area contributed by atoms with Gasteiger partial charge in [-0.1, -0.05) is 17.7 Å². The van der Waals surface area contributed by atoms with Crippen LogP contribution < -0.4 is 5.32 Å². The highest BCUT2D eigenvalue weighted by atomic mass is 35.5. The van der Waals surface area contributed by atoms with Crippen molar-refractivity contribution in [2.75, 3.05) is 19.7 Å². The topological polar surface area (TPSA) is 67.9 Å². The van der Waals surface area contributed by atoms with Crippen LogP contribution in [0.15, 0.2) is 18.2 Å². The molecule has 1 atom stereocenters. The van der Waals surface area contributed by atoms with Crippen molar-refractivity contribution in [2.45, 2.75) is 51.9 Å². The third kappa shape index (κ3) is 5.81. The minimum Gasteiger partial charge on any atom is -0.444 e. The van der Waals surface area contributed by atoms with Crippen LogP contribution in [0.4, 0.5) is 9.18 Å². The average molecular weight is 401 g/mol. The van der Waals surface area contributed by atoms with Gasteiger partial charge in [0, 0.05) is 17.1 Å². The van der Waals surface area contributed by atoms with E-state index in [4.69, 9.17) is 21.1 Å². The number of nitrogens with one attached hydrogen (secondary N) is 1. The fraction of sp³-hybridized carbons (Fsp3) is 0.579. The number of rotatable bonds is 3. The molecule has 2 amide bonds. The summed E-state index contributed by atoms with van der Waals surface area (Å²) in [5, 5.41) is 3.06. The smallest absolute Gasteiger partial charge is 0.410 e. The van der Waals surface area contributed by atoms with E-state index in [-0.39, 0.29) is 18.2 Å². The van der Waals surface area contributed by atoms with E-state index in [0.717, 1.165) is 0 Å². The van der Waals surface area contributed by atoms with E-state index < -0.39 is 35.1 Å². The summed E-state index contributed by atoms with van der Waals surface area (Å²) in [5.74, 6) is -0.935. The average Bonchev–Trinajstić information content (AvgIpc) is 2.52. The van der Waals surface area contributed by atoms with Crippen molar-refractivity contribution in [2.24, 2.45) is 0 Å². The number of morpholine rings is 1. The maximum absolute atomic E-state index is 14.2. The molecule has 0 radical (unpaired) electrons. The lowest BCUT2D eigenvalue weighted by Gasteiger charge is -2.35. The van der Waals surface area contributed by atoms with Crippen molar-refractivity contribution in [3.63, 3.8) is 0 Å². The van der Waals surface area contributed by atoms with Crippen molar-refractivity contribution in [3.8, 4) is 0 Å². The number of carbonyl (C=O) groups is 2. The summed E-state index contributed by atoms with van der Waals surface area (Å²) in [6, 6.07) is 4.30. The summed E-state index contributed by atoms with van der Waals surface area (Å²) in [6.45, 7) is 9.33. The minimum atomic E-state index is -0.983. The number of ether oxygens (including phenoxy) is 2. The molecule has 1 aromatic carbocycles. The lowest BCUT2D eigenvalue weighted by Crippen LogP contribution is -2.55. The van der Waals surface area contributed by atoms with Crippen LogP contribution in [0.2, 0.25) is 5.02 Å². The first kappa shape index (κ1) is 21.4. The normalized spacial score (nSPS) is 18.2. The van der Waals surface area contributed by atoms with Gasteiger partial charge in [0.2, 0.25) is 0 Å². The Morgan fingerprint density at radius 3 is 2.56 bits per heavy atom. The first-order valence-electron chi connectivity index (χ1n) is 8.76. The molecule has 0 aliphatic carbocycles. The molecule has 1 saturated heterocycles. The zero-order valence-corrected chi connectivity index (χ0v) is 17.0. The zero-order chi connectivity index (χ0) is 20.4. The molecular weight excluding hydrogens is 375 g/mol. The summed E-state index contributed by atoms with van der Waals surface area (Å²) >= 11 is 5.79. The molecule has 1 aliphatic heterocycles. The first-order chi connectivity index (χ1) is 12.4. The third-order valence-electron chi connectivity index (χ3n) is 4.05. The Morgan fingerprint density at radius 1 is 1.30 bits per heavy atom. The van der Waals surface area contributed by atoms with Gasteiger partial charge in [-0.05, 0) is 46.8 Å². The van der Waals surface area contributed by atoms with E-state index >= 15 is 0 Å². The largest absolute Gasteiger partial charge is 0.444 e. The second-order valence-electron chi connectivity index (χ2n) is 8.02. The number of amides is 2. The molecule has 0 saturated carbocycles. The van der Waals surface area contributed by atoms with E-state index in [2.05, 4.69) is 5.32 Å². The standard InChI is InChI=1S/C19H26ClFN2O4/c1-18(2,3)27-17(25)23-8-9-26-15(11-23)16(24)22-19(4,5)13-7-6-12(20)10-14(13)21/h6-7,10,15H,8-9,11H2,1-5H3,(H,22,24)/t15-/m0/s1. The quantitative estimate of drug-likeness (QED) is 0.843. The van der Waals surface area contributed by atoms with Crippen LogP contribution in [0.1, 0.15) is 40.2 Å². The number of nitrogens with zero attached hydrogens (tertiary/aromatic N) is 1. The summed E-state index contributed by atoms with van der Waals surface area (Å²) in [7, 11) is 0. The van der Waals surface area contributed by atoms with E-state index in [1.54, 1.807) is 40.7 Å². The van der Waals surface area contributed by atoms with E-state index in [1.165, 1.54) is 17.0 Å². The number of halogens is 2. The second-order valence-corrected chi connectivity index (χ2v) is 8.46. The van der Waals surface area contributed by atoms with E-state index in [0.29, 0.717) is 12.1 Å². The number of hydrogen-bond donors (Lipinski definition) is 1. The molecule has 1 aromatic rings. The molecule has 0 spiro atoms. The van der Waals surface area contributed by atoms with E-state index in [9.17, 15) is 14.0 Å². The van der Waals surface area contributed by atoms with Gasteiger partial charge in [0.25, 0.3) is 5.91 Å². The molecule has 27 heavy (non-hydrogen) atoms. The molecule has 0 aromatic heterocycles. The van der Waals surface area contributed by atoms with E-state index in [1.807, 2.05) is 0 Å². The Bertz CT molecular complexity index is 718.